The van der Waals surface area contributed by atoms with Crippen molar-refractivity contribution in [1.29, 1.82) is 0 Å². The van der Waals surface area contributed by atoms with Gasteiger partial charge >= 0.3 is 0 Å². The van der Waals surface area contributed by atoms with E-state index in [0.717, 1.165) is 0 Å². The Kier molecular flexibility index (Phi) is 4.00. The summed E-state index contributed by atoms with van der Waals surface area (Å²) in [6, 6.07) is 6.17. The lowest BCUT2D eigenvalue weighted by Gasteiger charge is -2.22. The maximum Gasteiger partial charge on any atom is 0.128 e. The first-order chi connectivity index (χ1) is 6.70. The molecular weight excluding hydrogens is 183 g/mol. The van der Waals surface area contributed by atoms with Gasteiger partial charge in [0.15, 0.2) is 0 Å². The molecule has 0 bridgehead atoms. The van der Waals surface area contributed by atoms with Crippen LogP contribution in [-0.2, 0) is 4.74 Å². The number of nitrogens with two attached hydrogens (primary N) is 1. The summed E-state index contributed by atoms with van der Waals surface area (Å²) in [5.41, 5.74) is 3.06. The minimum absolute atomic E-state index is 0.183. The lowest BCUT2D eigenvalue weighted by molar-refractivity contribution is 0.0818. The first-order valence-electron chi connectivity index (χ1n) is 4.44. The maximum atomic E-state index is 13.4. The first-order valence-corrected chi connectivity index (χ1v) is 4.44. The first kappa shape index (κ1) is 11.1. The minimum Gasteiger partial charge on any atom is -0.380 e. The van der Waals surface area contributed by atoms with Gasteiger partial charge < -0.3 is 4.74 Å². The van der Waals surface area contributed by atoms with Gasteiger partial charge in [-0.15, -0.1) is 0 Å². The standard InChI is InChI=1S/C10H15FN2O/c1-7(14-2)10(13-12)8-5-3-4-6-9(8)11/h3-7,10,13H,12H2,1-2H3. The number of benzene rings is 1. The molecule has 0 amide bonds. The Bertz CT molecular complexity index is 293. The summed E-state index contributed by atoms with van der Waals surface area (Å²) in [6.07, 6.45) is -0.183. The molecule has 0 saturated carbocycles. The van der Waals surface area contributed by atoms with Crippen LogP contribution in [0.25, 0.3) is 0 Å². The number of rotatable bonds is 4. The summed E-state index contributed by atoms with van der Waals surface area (Å²) in [6.45, 7) is 1.83. The van der Waals surface area contributed by atoms with Gasteiger partial charge in [-0.1, -0.05) is 18.2 Å². The third-order valence-corrected chi connectivity index (χ3v) is 2.26. The van der Waals surface area contributed by atoms with Crippen molar-refractivity contribution in [3.8, 4) is 0 Å². The molecule has 78 valence electrons. The fraction of sp³-hybridized carbons (Fsp3) is 0.400. The second kappa shape index (κ2) is 5.05. The largest absolute Gasteiger partial charge is 0.380 e. The SMILES string of the molecule is COC(C)C(NN)c1ccccc1F. The van der Waals surface area contributed by atoms with Crippen molar-refractivity contribution in [2.24, 2.45) is 5.84 Å². The Hall–Kier alpha value is -0.970. The van der Waals surface area contributed by atoms with Crippen LogP contribution in [0.2, 0.25) is 0 Å². The van der Waals surface area contributed by atoms with Crippen molar-refractivity contribution in [2.45, 2.75) is 19.1 Å². The van der Waals surface area contributed by atoms with E-state index in [-0.39, 0.29) is 18.0 Å². The second-order valence-electron chi connectivity index (χ2n) is 3.11. The molecule has 0 aromatic heterocycles. The van der Waals surface area contributed by atoms with Crippen molar-refractivity contribution in [3.05, 3.63) is 35.6 Å². The van der Waals surface area contributed by atoms with Crippen LogP contribution in [0.1, 0.15) is 18.5 Å². The van der Waals surface area contributed by atoms with Crippen LogP contribution in [0.4, 0.5) is 4.39 Å². The topological polar surface area (TPSA) is 47.3 Å². The normalized spacial score (nSPS) is 15.1. The highest BCUT2D eigenvalue weighted by molar-refractivity contribution is 5.21. The van der Waals surface area contributed by atoms with E-state index in [1.807, 2.05) is 6.92 Å². The number of ether oxygens (including phenoxy) is 1. The van der Waals surface area contributed by atoms with Crippen LogP contribution >= 0.6 is 0 Å². The average molecular weight is 198 g/mol. The highest BCUT2D eigenvalue weighted by Crippen LogP contribution is 2.20. The third kappa shape index (κ3) is 2.29. The van der Waals surface area contributed by atoms with Crippen LogP contribution in [0.3, 0.4) is 0 Å². The van der Waals surface area contributed by atoms with Gasteiger partial charge in [0.05, 0.1) is 12.1 Å². The number of hydrogen-bond donors (Lipinski definition) is 2. The minimum atomic E-state index is -0.332. The van der Waals surface area contributed by atoms with Gasteiger partial charge in [-0.05, 0) is 13.0 Å². The Morgan fingerprint density at radius 1 is 1.43 bits per heavy atom. The number of nitrogens with one attached hydrogen (secondary N) is 1. The van der Waals surface area contributed by atoms with E-state index >= 15 is 0 Å². The van der Waals surface area contributed by atoms with Crippen LogP contribution in [-0.4, -0.2) is 13.2 Å². The zero-order valence-corrected chi connectivity index (χ0v) is 8.33. The number of hydrogen-bond acceptors (Lipinski definition) is 3. The van der Waals surface area contributed by atoms with E-state index in [2.05, 4.69) is 5.43 Å². The van der Waals surface area contributed by atoms with Crippen molar-refractivity contribution >= 4 is 0 Å². The fourth-order valence-electron chi connectivity index (χ4n) is 1.34. The molecular formula is C10H15FN2O. The van der Waals surface area contributed by atoms with Crippen molar-refractivity contribution in [1.82, 2.24) is 5.43 Å². The lowest BCUT2D eigenvalue weighted by atomic mass is 10.0. The molecule has 14 heavy (non-hydrogen) atoms. The predicted molar refractivity (Wildman–Crippen MR) is 52.9 cm³/mol. The zero-order chi connectivity index (χ0) is 10.6. The second-order valence-corrected chi connectivity index (χ2v) is 3.11. The quantitative estimate of drug-likeness (QED) is 0.567. The van der Waals surface area contributed by atoms with Gasteiger partial charge in [-0.3, -0.25) is 11.3 Å². The highest BCUT2D eigenvalue weighted by Gasteiger charge is 2.20. The lowest BCUT2D eigenvalue weighted by Crippen LogP contribution is -2.36. The Morgan fingerprint density at radius 2 is 2.07 bits per heavy atom. The van der Waals surface area contributed by atoms with Gasteiger partial charge in [0.1, 0.15) is 5.82 Å². The molecule has 2 atom stereocenters. The molecule has 1 aromatic rings. The van der Waals surface area contributed by atoms with Crippen LogP contribution in [0, 0.1) is 5.82 Å². The van der Waals surface area contributed by atoms with E-state index in [9.17, 15) is 4.39 Å². The molecule has 2 unspecified atom stereocenters. The van der Waals surface area contributed by atoms with Crippen LogP contribution < -0.4 is 11.3 Å². The molecule has 1 rings (SSSR count). The molecule has 0 aliphatic heterocycles. The average Bonchev–Trinajstić information content (AvgIpc) is 2.21. The summed E-state index contributed by atoms with van der Waals surface area (Å²) in [7, 11) is 1.57. The van der Waals surface area contributed by atoms with E-state index < -0.39 is 0 Å². The monoisotopic (exact) mass is 198 g/mol. The third-order valence-electron chi connectivity index (χ3n) is 2.26. The molecule has 0 fully saturated rings. The number of halogens is 1. The maximum absolute atomic E-state index is 13.4. The van der Waals surface area contributed by atoms with Crippen LogP contribution in [0.5, 0.6) is 0 Å². The molecule has 0 aliphatic carbocycles. The Morgan fingerprint density at radius 3 is 2.57 bits per heavy atom. The molecule has 0 heterocycles. The molecule has 0 saturated heterocycles. The summed E-state index contributed by atoms with van der Waals surface area (Å²) < 4.78 is 18.5. The Balaban J connectivity index is 2.94. The van der Waals surface area contributed by atoms with Gasteiger partial charge in [-0.2, -0.15) is 0 Å². The molecule has 3 N–H and O–H groups in total. The summed E-state index contributed by atoms with van der Waals surface area (Å²) >= 11 is 0. The molecule has 1 aromatic carbocycles. The molecule has 0 spiro atoms. The van der Waals surface area contributed by atoms with Gasteiger partial charge in [0.2, 0.25) is 0 Å². The molecule has 3 nitrogen and oxygen atoms in total. The van der Waals surface area contributed by atoms with Crippen molar-refractivity contribution in [2.75, 3.05) is 7.11 Å². The van der Waals surface area contributed by atoms with Crippen molar-refractivity contribution in [3.63, 3.8) is 0 Å². The smallest absolute Gasteiger partial charge is 0.128 e. The summed E-state index contributed by atoms with van der Waals surface area (Å²) in [4.78, 5) is 0. The summed E-state index contributed by atoms with van der Waals surface area (Å²) in [5, 5.41) is 0. The number of hydrazine groups is 1. The molecule has 0 radical (unpaired) electrons. The number of methoxy groups -OCH3 is 1. The predicted octanol–water partition coefficient (Wildman–Crippen LogP) is 1.36. The van der Waals surface area contributed by atoms with Crippen molar-refractivity contribution < 1.29 is 9.13 Å². The molecule has 4 heteroatoms. The van der Waals surface area contributed by atoms with Crippen LogP contribution in [0.15, 0.2) is 24.3 Å². The molecule has 0 aliphatic rings. The Labute approximate surface area is 83.0 Å². The summed E-state index contributed by atoms with van der Waals surface area (Å²) in [5.74, 6) is 5.08. The van der Waals surface area contributed by atoms with E-state index in [0.29, 0.717) is 5.56 Å². The van der Waals surface area contributed by atoms with E-state index in [4.69, 9.17) is 10.6 Å². The fourth-order valence-corrected chi connectivity index (χ4v) is 1.34. The zero-order valence-electron chi connectivity index (χ0n) is 8.33. The van der Waals surface area contributed by atoms with Gasteiger partial charge in [0, 0.05) is 12.7 Å². The van der Waals surface area contributed by atoms with E-state index in [1.54, 1.807) is 25.3 Å². The van der Waals surface area contributed by atoms with Gasteiger partial charge in [0.25, 0.3) is 0 Å². The highest BCUT2D eigenvalue weighted by atomic mass is 19.1. The van der Waals surface area contributed by atoms with E-state index in [1.165, 1.54) is 6.07 Å². The van der Waals surface area contributed by atoms with Gasteiger partial charge in [-0.25, -0.2) is 4.39 Å².